The molecule has 0 bridgehead atoms. The van der Waals surface area contributed by atoms with E-state index in [1.54, 1.807) is 19.1 Å². The summed E-state index contributed by atoms with van der Waals surface area (Å²) in [6, 6.07) is 16.6. The Labute approximate surface area is 249 Å². The molecule has 3 aromatic rings. The third kappa shape index (κ3) is 8.25. The molecule has 0 fully saturated rings. The number of rotatable bonds is 12. The molecule has 0 radical (unpaired) electrons. The van der Waals surface area contributed by atoms with Gasteiger partial charge in [-0.15, -0.1) is 0 Å². The van der Waals surface area contributed by atoms with Crippen molar-refractivity contribution in [2.75, 3.05) is 23.9 Å². The van der Waals surface area contributed by atoms with Crippen molar-refractivity contribution < 1.29 is 31.2 Å². The molecule has 2 amide bonds. The second-order valence-corrected chi connectivity index (χ2v) is 12.0. The van der Waals surface area contributed by atoms with E-state index in [1.165, 1.54) is 24.0 Å². The lowest BCUT2D eigenvalue weighted by Crippen LogP contribution is -2.52. The summed E-state index contributed by atoms with van der Waals surface area (Å²) in [7, 11) is -4.53. The summed E-state index contributed by atoms with van der Waals surface area (Å²) < 4.78 is 69.5. The zero-order chi connectivity index (χ0) is 31.1. The fourth-order valence-corrected chi connectivity index (χ4v) is 5.85. The third-order valence-electron chi connectivity index (χ3n) is 6.63. The molecule has 0 aliphatic heterocycles. The van der Waals surface area contributed by atoms with Gasteiger partial charge < -0.3 is 10.2 Å². The minimum absolute atomic E-state index is 0.0659. The summed E-state index contributed by atoms with van der Waals surface area (Å²) in [5.41, 5.74) is 0.00719. The molecule has 0 saturated carbocycles. The number of alkyl halides is 3. The highest BCUT2D eigenvalue weighted by Gasteiger charge is 2.36. The number of anilines is 1. The molecular formula is C30H33ClF3N3O4S. The molecular weight excluding hydrogens is 591 g/mol. The smallest absolute Gasteiger partial charge is 0.354 e. The van der Waals surface area contributed by atoms with Crippen LogP contribution in [0, 0.1) is 6.92 Å². The molecule has 0 saturated heterocycles. The Morgan fingerprint density at radius 3 is 2.24 bits per heavy atom. The molecule has 7 nitrogen and oxygen atoms in total. The number of nitrogens with one attached hydrogen (secondary N) is 1. The Kier molecular flexibility index (Phi) is 11.0. The number of sulfonamides is 1. The van der Waals surface area contributed by atoms with Gasteiger partial charge in [0.2, 0.25) is 11.8 Å². The predicted octanol–water partition coefficient (Wildman–Crippen LogP) is 5.85. The summed E-state index contributed by atoms with van der Waals surface area (Å²) in [5.74, 6) is -1.19. The van der Waals surface area contributed by atoms with E-state index in [-0.39, 0.29) is 11.4 Å². The van der Waals surface area contributed by atoms with E-state index in [4.69, 9.17) is 11.6 Å². The van der Waals surface area contributed by atoms with Gasteiger partial charge in [-0.05, 0) is 62.6 Å². The van der Waals surface area contributed by atoms with E-state index in [0.717, 1.165) is 23.3 Å². The fourth-order valence-electron chi connectivity index (χ4n) is 4.22. The zero-order valence-corrected chi connectivity index (χ0v) is 25.1. The maximum Gasteiger partial charge on any atom is 0.417 e. The number of halogens is 4. The van der Waals surface area contributed by atoms with Crippen LogP contribution in [0.3, 0.4) is 0 Å². The lowest BCUT2D eigenvalue weighted by molar-refractivity contribution is -0.138. The fraction of sp³-hybridized carbons (Fsp3) is 0.333. The maximum atomic E-state index is 13.8. The topological polar surface area (TPSA) is 86.8 Å². The number of nitrogens with zero attached hydrogens (tertiary/aromatic N) is 2. The number of carbonyl (C=O) groups excluding carboxylic acids is 2. The summed E-state index contributed by atoms with van der Waals surface area (Å²) in [6.07, 6.45) is -3.84. The third-order valence-corrected chi connectivity index (χ3v) is 8.75. The Morgan fingerprint density at radius 2 is 1.64 bits per heavy atom. The Hall–Kier alpha value is -3.57. The van der Waals surface area contributed by atoms with E-state index >= 15 is 0 Å². The quantitative estimate of drug-likeness (QED) is 0.274. The predicted molar refractivity (Wildman–Crippen MR) is 157 cm³/mol. The van der Waals surface area contributed by atoms with Gasteiger partial charge in [0.1, 0.15) is 12.6 Å². The summed E-state index contributed by atoms with van der Waals surface area (Å²) >= 11 is 5.80. The Morgan fingerprint density at radius 1 is 1.00 bits per heavy atom. The van der Waals surface area contributed by atoms with Crippen molar-refractivity contribution in [3.63, 3.8) is 0 Å². The summed E-state index contributed by atoms with van der Waals surface area (Å²) in [4.78, 5) is 27.8. The minimum atomic E-state index is -4.87. The highest BCUT2D eigenvalue weighted by Crippen LogP contribution is 2.38. The van der Waals surface area contributed by atoms with E-state index in [1.807, 2.05) is 37.3 Å². The second kappa shape index (κ2) is 14.1. The first kappa shape index (κ1) is 32.9. The number of amides is 2. The number of carbonyl (C=O) groups is 2. The molecule has 0 aromatic heterocycles. The monoisotopic (exact) mass is 623 g/mol. The van der Waals surface area contributed by atoms with Crippen molar-refractivity contribution in [1.29, 1.82) is 0 Å². The van der Waals surface area contributed by atoms with Crippen molar-refractivity contribution in [3.8, 4) is 0 Å². The lowest BCUT2D eigenvalue weighted by Gasteiger charge is -2.32. The van der Waals surface area contributed by atoms with Gasteiger partial charge in [0.05, 0.1) is 21.2 Å². The van der Waals surface area contributed by atoms with Crippen molar-refractivity contribution in [3.05, 3.63) is 94.5 Å². The summed E-state index contributed by atoms with van der Waals surface area (Å²) in [6.45, 7) is 4.74. The summed E-state index contributed by atoms with van der Waals surface area (Å²) in [5, 5.41) is 2.12. The van der Waals surface area contributed by atoms with Crippen LogP contribution in [-0.4, -0.2) is 50.8 Å². The van der Waals surface area contributed by atoms with Crippen LogP contribution in [-0.2, 0) is 32.2 Å². The van der Waals surface area contributed by atoms with E-state index in [2.05, 4.69) is 5.32 Å². The number of hydrogen-bond acceptors (Lipinski definition) is 4. The first-order valence-corrected chi connectivity index (χ1v) is 15.1. The number of hydrogen-bond donors (Lipinski definition) is 1. The maximum absolute atomic E-state index is 13.8. The van der Waals surface area contributed by atoms with Crippen LogP contribution in [0.25, 0.3) is 0 Å². The SMILES string of the molecule is CCCNC(=O)[C@@H](C)N(CCc1ccccc1)C(=O)CN(c1ccc(Cl)c(C(F)(F)F)c1)S(=O)(=O)c1ccc(C)cc1. The first-order valence-electron chi connectivity index (χ1n) is 13.3. The molecule has 0 aliphatic carbocycles. The largest absolute Gasteiger partial charge is 0.417 e. The van der Waals surface area contributed by atoms with Gasteiger partial charge in [-0.3, -0.25) is 13.9 Å². The van der Waals surface area contributed by atoms with Crippen molar-refractivity contribution >= 4 is 39.1 Å². The highest BCUT2D eigenvalue weighted by atomic mass is 35.5. The van der Waals surface area contributed by atoms with Crippen LogP contribution in [0.5, 0.6) is 0 Å². The molecule has 42 heavy (non-hydrogen) atoms. The standard InChI is InChI=1S/C30H33ClF3N3O4S/c1-4-17-35-29(39)22(3)36(18-16-23-8-6-5-7-9-23)28(38)20-37(42(40,41)25-13-10-21(2)11-14-25)24-12-15-27(31)26(19-24)30(32,33)34/h5-15,19,22H,4,16-18,20H2,1-3H3,(H,35,39)/t22-/m1/s1. The van der Waals surface area contributed by atoms with Crippen LogP contribution in [0.1, 0.15) is 37.0 Å². The van der Waals surface area contributed by atoms with Gasteiger partial charge >= 0.3 is 6.18 Å². The van der Waals surface area contributed by atoms with Gasteiger partial charge in [0, 0.05) is 13.1 Å². The van der Waals surface area contributed by atoms with E-state index < -0.39 is 56.9 Å². The van der Waals surface area contributed by atoms with Crippen LogP contribution in [0.15, 0.2) is 77.7 Å². The van der Waals surface area contributed by atoms with Gasteiger partial charge in [-0.2, -0.15) is 13.2 Å². The molecule has 0 aliphatic rings. The van der Waals surface area contributed by atoms with Gasteiger partial charge in [0.25, 0.3) is 10.0 Å². The molecule has 0 unspecified atom stereocenters. The lowest BCUT2D eigenvalue weighted by atomic mass is 10.1. The Bertz CT molecular complexity index is 1480. The van der Waals surface area contributed by atoms with Crippen molar-refractivity contribution in [1.82, 2.24) is 10.2 Å². The van der Waals surface area contributed by atoms with Crippen LogP contribution < -0.4 is 9.62 Å². The van der Waals surface area contributed by atoms with E-state index in [0.29, 0.717) is 29.8 Å². The molecule has 3 rings (SSSR count). The Balaban J connectivity index is 2.06. The average Bonchev–Trinajstić information content (AvgIpc) is 2.95. The molecule has 12 heteroatoms. The molecule has 0 spiro atoms. The first-order chi connectivity index (χ1) is 19.8. The minimum Gasteiger partial charge on any atom is -0.354 e. The van der Waals surface area contributed by atoms with Crippen LogP contribution >= 0.6 is 11.6 Å². The van der Waals surface area contributed by atoms with Crippen molar-refractivity contribution in [2.45, 2.75) is 50.7 Å². The molecule has 1 N–H and O–H groups in total. The van der Waals surface area contributed by atoms with Crippen LogP contribution in [0.4, 0.5) is 18.9 Å². The van der Waals surface area contributed by atoms with Gasteiger partial charge in [-0.25, -0.2) is 8.42 Å². The molecule has 0 heterocycles. The van der Waals surface area contributed by atoms with Gasteiger partial charge in [-0.1, -0.05) is 66.6 Å². The molecule has 226 valence electrons. The average molecular weight is 624 g/mol. The zero-order valence-electron chi connectivity index (χ0n) is 23.5. The van der Waals surface area contributed by atoms with Crippen LogP contribution in [0.2, 0.25) is 5.02 Å². The highest BCUT2D eigenvalue weighted by molar-refractivity contribution is 7.92. The number of benzene rings is 3. The normalized spacial score (nSPS) is 12.5. The second-order valence-electron chi connectivity index (χ2n) is 9.78. The van der Waals surface area contributed by atoms with E-state index in [9.17, 15) is 31.2 Å². The van der Waals surface area contributed by atoms with Crippen molar-refractivity contribution in [2.24, 2.45) is 0 Å². The molecule has 3 aromatic carbocycles. The molecule has 1 atom stereocenters. The number of aryl methyl sites for hydroxylation is 1. The van der Waals surface area contributed by atoms with Gasteiger partial charge in [0.15, 0.2) is 0 Å².